The molecule has 2 rings (SSSR count). The summed E-state index contributed by atoms with van der Waals surface area (Å²) in [6.07, 6.45) is 0. The van der Waals surface area contributed by atoms with Crippen LogP contribution in [0.3, 0.4) is 0 Å². The average molecular weight is 364 g/mol. The van der Waals surface area contributed by atoms with E-state index in [0.717, 1.165) is 5.56 Å². The Labute approximate surface area is 151 Å². The fraction of sp³-hybridized carbons (Fsp3) is 0.529. The van der Waals surface area contributed by atoms with Crippen molar-refractivity contribution in [2.24, 2.45) is 5.18 Å². The van der Waals surface area contributed by atoms with Crippen molar-refractivity contribution in [3.05, 3.63) is 34.7 Å². The molecule has 26 heavy (non-hydrogen) atoms. The Morgan fingerprint density at radius 2 is 1.23 bits per heavy atom. The van der Waals surface area contributed by atoms with E-state index in [1.807, 2.05) is 21.9 Å². The molecule has 1 heterocycles. The van der Waals surface area contributed by atoms with Gasteiger partial charge in [-0.3, -0.25) is 24.3 Å². The molecule has 9 heteroatoms. The monoisotopic (exact) mass is 364 g/mol. The number of carboxylic acids is 2. The van der Waals surface area contributed by atoms with Gasteiger partial charge in [-0.15, -0.1) is 4.91 Å². The van der Waals surface area contributed by atoms with Gasteiger partial charge in [0.05, 0.1) is 13.1 Å². The first-order chi connectivity index (χ1) is 12.5. The Kier molecular flexibility index (Phi) is 7.64. The molecule has 0 unspecified atom stereocenters. The number of hydrogen-bond donors (Lipinski definition) is 2. The van der Waals surface area contributed by atoms with Crippen LogP contribution in [0.1, 0.15) is 5.56 Å². The van der Waals surface area contributed by atoms with Gasteiger partial charge in [-0.25, -0.2) is 0 Å². The highest BCUT2D eigenvalue weighted by Crippen LogP contribution is 2.14. The van der Waals surface area contributed by atoms with Gasteiger partial charge in [0.2, 0.25) is 0 Å². The predicted octanol–water partition coefficient (Wildman–Crippen LogP) is 0.673. The molecule has 1 fully saturated rings. The predicted molar refractivity (Wildman–Crippen MR) is 95.3 cm³/mol. The molecule has 0 saturated carbocycles. The molecule has 1 aliphatic rings. The Hall–Kier alpha value is -2.36. The lowest BCUT2D eigenvalue weighted by atomic mass is 10.2. The minimum atomic E-state index is -0.891. The smallest absolute Gasteiger partial charge is 0.317 e. The first-order valence-corrected chi connectivity index (χ1v) is 8.49. The SMILES string of the molecule is O=Nc1ccc(CN2CCN(CC(=O)O)CCN(CC(=O)O)CC2)cc1. The van der Waals surface area contributed by atoms with Gasteiger partial charge in [0.25, 0.3) is 0 Å². The molecule has 9 nitrogen and oxygen atoms in total. The summed E-state index contributed by atoms with van der Waals surface area (Å²) >= 11 is 0. The van der Waals surface area contributed by atoms with Gasteiger partial charge in [0.1, 0.15) is 5.69 Å². The van der Waals surface area contributed by atoms with E-state index in [1.165, 1.54) is 0 Å². The molecular weight excluding hydrogens is 340 g/mol. The number of carbonyl (C=O) groups is 2. The molecule has 1 saturated heterocycles. The van der Waals surface area contributed by atoms with Crippen molar-refractivity contribution in [2.45, 2.75) is 6.54 Å². The highest BCUT2D eigenvalue weighted by atomic mass is 16.4. The molecule has 0 aromatic heterocycles. The summed E-state index contributed by atoms with van der Waals surface area (Å²) in [6, 6.07) is 7.00. The van der Waals surface area contributed by atoms with Gasteiger partial charge in [-0.2, -0.15) is 0 Å². The topological polar surface area (TPSA) is 114 Å². The second kappa shape index (κ2) is 9.95. The molecular formula is C17H24N4O5. The van der Waals surface area contributed by atoms with Gasteiger partial charge < -0.3 is 10.2 Å². The minimum absolute atomic E-state index is 0.0611. The Bertz CT molecular complexity index is 594. The summed E-state index contributed by atoms with van der Waals surface area (Å²) in [7, 11) is 0. The number of nitrogens with zero attached hydrogens (tertiary/aromatic N) is 4. The lowest BCUT2D eigenvalue weighted by Crippen LogP contribution is -2.40. The van der Waals surface area contributed by atoms with E-state index in [2.05, 4.69) is 10.1 Å². The zero-order valence-corrected chi connectivity index (χ0v) is 14.6. The van der Waals surface area contributed by atoms with Crippen molar-refractivity contribution in [1.82, 2.24) is 14.7 Å². The van der Waals surface area contributed by atoms with Crippen LogP contribution in [0.2, 0.25) is 0 Å². The van der Waals surface area contributed by atoms with Crippen LogP contribution in [0.15, 0.2) is 29.4 Å². The van der Waals surface area contributed by atoms with Gasteiger partial charge in [-0.05, 0) is 22.9 Å². The van der Waals surface area contributed by atoms with E-state index in [1.54, 1.807) is 12.1 Å². The minimum Gasteiger partial charge on any atom is -0.480 e. The molecule has 2 N–H and O–H groups in total. The summed E-state index contributed by atoms with van der Waals surface area (Å²) in [6.45, 7) is 4.12. The maximum atomic E-state index is 11.0. The maximum Gasteiger partial charge on any atom is 0.317 e. The molecule has 0 bridgehead atoms. The standard InChI is InChI=1S/C17H24N4O5/c22-16(23)12-20-7-5-19(6-8-21(10-9-20)13-17(24)25)11-14-1-3-15(18-26)4-2-14/h1-4H,5-13H2,(H,22,23)(H,24,25). The van der Waals surface area contributed by atoms with Crippen LogP contribution >= 0.6 is 0 Å². The highest BCUT2D eigenvalue weighted by molar-refractivity contribution is 5.69. The second-order valence-electron chi connectivity index (χ2n) is 6.37. The third-order valence-corrected chi connectivity index (χ3v) is 4.36. The number of hydrogen-bond acceptors (Lipinski definition) is 7. The van der Waals surface area contributed by atoms with Crippen molar-refractivity contribution in [1.29, 1.82) is 0 Å². The number of nitroso groups, excluding NO2 is 1. The fourth-order valence-corrected chi connectivity index (χ4v) is 2.96. The van der Waals surface area contributed by atoms with E-state index in [0.29, 0.717) is 51.5 Å². The normalized spacial score (nSPS) is 17.8. The Morgan fingerprint density at radius 1 is 0.808 bits per heavy atom. The molecule has 0 aliphatic carbocycles. The van der Waals surface area contributed by atoms with Gasteiger partial charge in [0.15, 0.2) is 0 Å². The van der Waals surface area contributed by atoms with E-state index < -0.39 is 11.9 Å². The maximum absolute atomic E-state index is 11.0. The van der Waals surface area contributed by atoms with Crippen molar-refractivity contribution in [2.75, 3.05) is 52.4 Å². The van der Waals surface area contributed by atoms with Gasteiger partial charge in [0, 0.05) is 45.8 Å². The summed E-state index contributed by atoms with van der Waals surface area (Å²) in [5.74, 6) is -1.78. The van der Waals surface area contributed by atoms with Crippen molar-refractivity contribution in [3.8, 4) is 0 Å². The van der Waals surface area contributed by atoms with Gasteiger partial charge >= 0.3 is 11.9 Å². The van der Waals surface area contributed by atoms with Crippen LogP contribution in [0.4, 0.5) is 5.69 Å². The largest absolute Gasteiger partial charge is 0.480 e. The quantitative estimate of drug-likeness (QED) is 0.679. The third-order valence-electron chi connectivity index (χ3n) is 4.36. The van der Waals surface area contributed by atoms with Crippen molar-refractivity contribution < 1.29 is 19.8 Å². The number of aliphatic carboxylic acids is 2. The highest BCUT2D eigenvalue weighted by Gasteiger charge is 2.19. The van der Waals surface area contributed by atoms with Crippen LogP contribution in [0.5, 0.6) is 0 Å². The molecule has 142 valence electrons. The number of carboxylic acid groups (broad SMARTS) is 2. The van der Waals surface area contributed by atoms with Crippen LogP contribution in [-0.2, 0) is 16.1 Å². The molecule has 0 amide bonds. The second-order valence-corrected chi connectivity index (χ2v) is 6.37. The van der Waals surface area contributed by atoms with E-state index in [9.17, 15) is 14.5 Å². The molecule has 1 aromatic carbocycles. The third kappa shape index (κ3) is 6.87. The molecule has 0 radical (unpaired) electrons. The first-order valence-electron chi connectivity index (χ1n) is 8.49. The van der Waals surface area contributed by atoms with Crippen LogP contribution in [-0.4, -0.2) is 89.2 Å². The number of benzene rings is 1. The molecule has 0 spiro atoms. The lowest BCUT2D eigenvalue weighted by Gasteiger charge is -2.25. The summed E-state index contributed by atoms with van der Waals surface area (Å²) in [4.78, 5) is 38.4. The van der Waals surface area contributed by atoms with E-state index in [-0.39, 0.29) is 13.1 Å². The zero-order valence-electron chi connectivity index (χ0n) is 14.6. The summed E-state index contributed by atoms with van der Waals surface area (Å²) in [5, 5.41) is 21.0. The van der Waals surface area contributed by atoms with Crippen molar-refractivity contribution in [3.63, 3.8) is 0 Å². The van der Waals surface area contributed by atoms with Gasteiger partial charge in [-0.1, -0.05) is 12.1 Å². The molecule has 1 aromatic rings. The zero-order chi connectivity index (χ0) is 18.9. The Balaban J connectivity index is 2.04. The Morgan fingerprint density at radius 3 is 1.62 bits per heavy atom. The lowest BCUT2D eigenvalue weighted by molar-refractivity contribution is -0.140. The summed E-state index contributed by atoms with van der Waals surface area (Å²) in [5.41, 5.74) is 1.39. The first kappa shape index (κ1) is 20.0. The average Bonchev–Trinajstić information content (AvgIpc) is 2.68. The van der Waals surface area contributed by atoms with Crippen LogP contribution in [0.25, 0.3) is 0 Å². The van der Waals surface area contributed by atoms with Crippen LogP contribution < -0.4 is 0 Å². The van der Waals surface area contributed by atoms with Crippen LogP contribution in [0, 0.1) is 4.91 Å². The molecule has 1 aliphatic heterocycles. The summed E-state index contributed by atoms with van der Waals surface area (Å²) < 4.78 is 0. The van der Waals surface area contributed by atoms with Crippen molar-refractivity contribution >= 4 is 17.6 Å². The van der Waals surface area contributed by atoms with E-state index >= 15 is 0 Å². The van der Waals surface area contributed by atoms with E-state index in [4.69, 9.17) is 10.2 Å². The number of rotatable bonds is 7. The molecule has 0 atom stereocenters. The fourth-order valence-electron chi connectivity index (χ4n) is 2.96.